The van der Waals surface area contributed by atoms with Gasteiger partial charge in [-0.2, -0.15) is 8.78 Å². The number of nitrogens with two attached hydrogens (primary N) is 1. The Kier molecular flexibility index (Phi) is 7.58. The summed E-state index contributed by atoms with van der Waals surface area (Å²) in [5.41, 5.74) is 6.36. The molecule has 0 saturated carbocycles. The van der Waals surface area contributed by atoms with E-state index in [-0.39, 0.29) is 36.6 Å². The first-order chi connectivity index (χ1) is 8.06. The van der Waals surface area contributed by atoms with Crippen LogP contribution in [0.25, 0.3) is 0 Å². The van der Waals surface area contributed by atoms with Crippen molar-refractivity contribution in [1.82, 2.24) is 0 Å². The summed E-state index contributed by atoms with van der Waals surface area (Å²) in [7, 11) is 1.36. The number of benzene rings is 1. The van der Waals surface area contributed by atoms with Crippen molar-refractivity contribution in [2.75, 3.05) is 13.7 Å². The molecular weight excluding hydrogens is 268 g/mol. The van der Waals surface area contributed by atoms with E-state index in [0.717, 1.165) is 5.56 Å². The SMILES string of the molecule is COc1cc(CC(N)CO)ccc1OC(F)F.Cl. The Balaban J connectivity index is 0.00000289. The Labute approximate surface area is 110 Å². The van der Waals surface area contributed by atoms with E-state index in [9.17, 15) is 8.78 Å². The highest BCUT2D eigenvalue weighted by molar-refractivity contribution is 5.85. The van der Waals surface area contributed by atoms with Crippen molar-refractivity contribution in [3.05, 3.63) is 23.8 Å². The smallest absolute Gasteiger partial charge is 0.387 e. The van der Waals surface area contributed by atoms with Gasteiger partial charge in [0.2, 0.25) is 0 Å². The number of aliphatic hydroxyl groups excluding tert-OH is 1. The first-order valence-corrected chi connectivity index (χ1v) is 5.05. The minimum Gasteiger partial charge on any atom is -0.493 e. The summed E-state index contributed by atoms with van der Waals surface area (Å²) in [5.74, 6) is 0.191. The van der Waals surface area contributed by atoms with E-state index >= 15 is 0 Å². The monoisotopic (exact) mass is 283 g/mol. The summed E-state index contributed by atoms with van der Waals surface area (Å²) in [6, 6.07) is 4.18. The van der Waals surface area contributed by atoms with Gasteiger partial charge >= 0.3 is 6.61 Å². The van der Waals surface area contributed by atoms with Crippen molar-refractivity contribution in [1.29, 1.82) is 0 Å². The highest BCUT2D eigenvalue weighted by Gasteiger charge is 2.12. The van der Waals surface area contributed by atoms with E-state index < -0.39 is 6.61 Å². The van der Waals surface area contributed by atoms with Gasteiger partial charge in [0.25, 0.3) is 0 Å². The lowest BCUT2D eigenvalue weighted by molar-refractivity contribution is -0.0512. The lowest BCUT2D eigenvalue weighted by Gasteiger charge is -2.13. The zero-order chi connectivity index (χ0) is 12.8. The van der Waals surface area contributed by atoms with Crippen LogP contribution in [0.15, 0.2) is 18.2 Å². The van der Waals surface area contributed by atoms with Gasteiger partial charge in [-0.1, -0.05) is 6.07 Å². The quantitative estimate of drug-likeness (QED) is 0.832. The van der Waals surface area contributed by atoms with Gasteiger partial charge in [-0.05, 0) is 24.1 Å². The summed E-state index contributed by atoms with van der Waals surface area (Å²) in [4.78, 5) is 0. The minimum absolute atomic E-state index is 0. The molecule has 3 N–H and O–H groups in total. The number of hydrogen-bond donors (Lipinski definition) is 2. The van der Waals surface area contributed by atoms with Crippen LogP contribution >= 0.6 is 12.4 Å². The average molecular weight is 284 g/mol. The summed E-state index contributed by atoms with van der Waals surface area (Å²) in [6.45, 7) is -3.04. The van der Waals surface area contributed by atoms with Gasteiger partial charge in [-0.15, -0.1) is 12.4 Å². The van der Waals surface area contributed by atoms with E-state index in [1.54, 1.807) is 12.1 Å². The maximum absolute atomic E-state index is 12.1. The van der Waals surface area contributed by atoms with Crippen LogP contribution in [0.1, 0.15) is 5.56 Å². The van der Waals surface area contributed by atoms with Crippen LogP contribution < -0.4 is 15.2 Å². The second-order valence-corrected chi connectivity index (χ2v) is 3.51. The Morgan fingerprint density at radius 3 is 2.50 bits per heavy atom. The molecule has 0 bridgehead atoms. The summed E-state index contributed by atoms with van der Waals surface area (Å²) in [6.07, 6.45) is 0.432. The van der Waals surface area contributed by atoms with Crippen LogP contribution in [0.4, 0.5) is 8.78 Å². The van der Waals surface area contributed by atoms with Crippen molar-refractivity contribution in [3.63, 3.8) is 0 Å². The average Bonchev–Trinajstić information content (AvgIpc) is 2.30. The molecule has 1 aromatic carbocycles. The second-order valence-electron chi connectivity index (χ2n) is 3.51. The van der Waals surface area contributed by atoms with Crippen molar-refractivity contribution in [2.24, 2.45) is 5.73 Å². The third-order valence-corrected chi connectivity index (χ3v) is 2.18. The zero-order valence-electron chi connectivity index (χ0n) is 9.81. The first kappa shape index (κ1) is 16.9. The zero-order valence-corrected chi connectivity index (χ0v) is 10.6. The normalized spacial score (nSPS) is 11.9. The molecule has 0 heterocycles. The molecule has 18 heavy (non-hydrogen) atoms. The van der Waals surface area contributed by atoms with Crippen LogP contribution in [-0.2, 0) is 6.42 Å². The van der Waals surface area contributed by atoms with Gasteiger partial charge in [0, 0.05) is 6.04 Å². The van der Waals surface area contributed by atoms with Crippen molar-refractivity contribution in [3.8, 4) is 11.5 Å². The molecule has 7 heteroatoms. The van der Waals surface area contributed by atoms with Gasteiger partial charge in [0.15, 0.2) is 11.5 Å². The van der Waals surface area contributed by atoms with Crippen molar-refractivity contribution in [2.45, 2.75) is 19.1 Å². The highest BCUT2D eigenvalue weighted by Crippen LogP contribution is 2.29. The first-order valence-electron chi connectivity index (χ1n) is 5.05. The van der Waals surface area contributed by atoms with Gasteiger partial charge in [0.05, 0.1) is 13.7 Å². The molecule has 4 nitrogen and oxygen atoms in total. The Hall–Kier alpha value is -1.11. The van der Waals surface area contributed by atoms with Gasteiger partial charge < -0.3 is 20.3 Å². The summed E-state index contributed by atoms with van der Waals surface area (Å²) in [5, 5.41) is 8.82. The number of hydrogen-bond acceptors (Lipinski definition) is 4. The molecule has 1 unspecified atom stereocenters. The third kappa shape index (κ3) is 5.03. The highest BCUT2D eigenvalue weighted by atomic mass is 35.5. The van der Waals surface area contributed by atoms with Crippen LogP contribution in [0.5, 0.6) is 11.5 Å². The molecule has 1 rings (SSSR count). The van der Waals surface area contributed by atoms with Crippen molar-refractivity contribution >= 4 is 12.4 Å². The van der Waals surface area contributed by atoms with Crippen LogP contribution in [0.2, 0.25) is 0 Å². The minimum atomic E-state index is -2.89. The fourth-order valence-corrected chi connectivity index (χ4v) is 1.40. The molecule has 0 saturated heterocycles. The maximum Gasteiger partial charge on any atom is 0.387 e. The molecule has 0 aromatic heterocycles. The Bertz CT molecular complexity index is 366. The topological polar surface area (TPSA) is 64.7 Å². The Morgan fingerprint density at radius 2 is 2.00 bits per heavy atom. The van der Waals surface area contributed by atoms with E-state index in [0.29, 0.717) is 6.42 Å². The molecule has 1 atom stereocenters. The molecule has 104 valence electrons. The van der Waals surface area contributed by atoms with Crippen LogP contribution in [0.3, 0.4) is 0 Å². The Morgan fingerprint density at radius 1 is 1.33 bits per heavy atom. The number of rotatable bonds is 6. The summed E-state index contributed by atoms with van der Waals surface area (Å²) >= 11 is 0. The van der Waals surface area contributed by atoms with E-state index in [1.807, 2.05) is 0 Å². The van der Waals surface area contributed by atoms with E-state index in [1.165, 1.54) is 13.2 Å². The van der Waals surface area contributed by atoms with Gasteiger partial charge in [0.1, 0.15) is 0 Å². The predicted molar refractivity (Wildman–Crippen MR) is 65.6 cm³/mol. The van der Waals surface area contributed by atoms with E-state index in [4.69, 9.17) is 15.6 Å². The fraction of sp³-hybridized carbons (Fsp3) is 0.455. The lowest BCUT2D eigenvalue weighted by Crippen LogP contribution is -2.26. The third-order valence-electron chi connectivity index (χ3n) is 2.18. The van der Waals surface area contributed by atoms with Gasteiger partial charge in [-0.3, -0.25) is 0 Å². The second kappa shape index (κ2) is 8.07. The van der Waals surface area contributed by atoms with Gasteiger partial charge in [-0.25, -0.2) is 0 Å². The van der Waals surface area contributed by atoms with E-state index in [2.05, 4.69) is 4.74 Å². The molecule has 1 aromatic rings. The predicted octanol–water partition coefficient (Wildman–Crippen LogP) is 1.58. The molecule has 0 fully saturated rings. The lowest BCUT2D eigenvalue weighted by atomic mass is 10.1. The molecule has 0 aliphatic carbocycles. The number of aliphatic hydroxyl groups is 1. The number of halogens is 3. The number of methoxy groups -OCH3 is 1. The van der Waals surface area contributed by atoms with Crippen molar-refractivity contribution < 1.29 is 23.4 Å². The maximum atomic E-state index is 12.1. The number of ether oxygens (including phenoxy) is 2. The molecule has 0 aliphatic heterocycles. The molecule has 0 aliphatic rings. The summed E-state index contributed by atoms with van der Waals surface area (Å²) < 4.78 is 33.4. The molecular formula is C11H16ClF2NO3. The van der Waals surface area contributed by atoms with Crippen LogP contribution in [-0.4, -0.2) is 31.5 Å². The standard InChI is InChI=1S/C11H15F2NO3.ClH/c1-16-10-5-7(4-8(14)6-15)2-3-9(10)17-11(12)13;/h2-3,5,8,11,15H,4,6,14H2,1H3;1H. The molecule has 0 spiro atoms. The molecule has 0 radical (unpaired) electrons. The fourth-order valence-electron chi connectivity index (χ4n) is 1.40. The van der Waals surface area contributed by atoms with Crippen LogP contribution in [0, 0.1) is 0 Å². The number of alkyl halides is 2. The largest absolute Gasteiger partial charge is 0.493 e. The molecule has 0 amide bonds.